The predicted octanol–water partition coefficient (Wildman–Crippen LogP) is 3.19. The highest BCUT2D eigenvalue weighted by Crippen LogP contribution is 2.18. The molecule has 0 aliphatic carbocycles. The molecule has 0 aliphatic rings. The van der Waals surface area contributed by atoms with Gasteiger partial charge in [0.05, 0.1) is 11.7 Å². The van der Waals surface area contributed by atoms with Gasteiger partial charge in [-0.1, -0.05) is 23.8 Å². The van der Waals surface area contributed by atoms with Crippen molar-refractivity contribution in [3.8, 4) is 0 Å². The SMILES string of the molecule is C/C(=C\Cc1ccc2ccc(=O)oc2c1)CCC(O)C(C)(C)O. The van der Waals surface area contributed by atoms with Gasteiger partial charge in [0, 0.05) is 11.5 Å². The number of aliphatic hydroxyl groups excluding tert-OH is 1. The van der Waals surface area contributed by atoms with Crippen molar-refractivity contribution in [1.29, 1.82) is 0 Å². The number of allylic oxidation sites excluding steroid dienone is 2. The molecule has 23 heavy (non-hydrogen) atoms. The smallest absolute Gasteiger partial charge is 0.336 e. The Morgan fingerprint density at radius 3 is 2.70 bits per heavy atom. The van der Waals surface area contributed by atoms with Crippen LogP contribution < -0.4 is 5.63 Å². The molecule has 2 N–H and O–H groups in total. The molecule has 1 aromatic heterocycles. The molecule has 0 bridgehead atoms. The molecular weight excluding hydrogens is 292 g/mol. The van der Waals surface area contributed by atoms with Crippen molar-refractivity contribution in [3.63, 3.8) is 0 Å². The maximum atomic E-state index is 11.3. The van der Waals surface area contributed by atoms with E-state index in [0.29, 0.717) is 12.0 Å². The van der Waals surface area contributed by atoms with E-state index in [4.69, 9.17) is 4.42 Å². The molecule has 0 saturated carbocycles. The highest BCUT2D eigenvalue weighted by Gasteiger charge is 2.23. The Bertz CT molecular complexity index is 750. The van der Waals surface area contributed by atoms with E-state index in [1.807, 2.05) is 25.1 Å². The summed E-state index contributed by atoms with van der Waals surface area (Å²) in [6, 6.07) is 9.00. The van der Waals surface area contributed by atoms with Crippen LogP contribution in [0, 0.1) is 0 Å². The van der Waals surface area contributed by atoms with Gasteiger partial charge < -0.3 is 14.6 Å². The Hall–Kier alpha value is -1.91. The lowest BCUT2D eigenvalue weighted by Gasteiger charge is -2.24. The van der Waals surface area contributed by atoms with E-state index in [1.54, 1.807) is 19.9 Å². The Labute approximate surface area is 136 Å². The van der Waals surface area contributed by atoms with E-state index in [0.717, 1.165) is 29.4 Å². The van der Waals surface area contributed by atoms with E-state index in [2.05, 4.69) is 6.08 Å². The number of fused-ring (bicyclic) bond motifs is 1. The fraction of sp³-hybridized carbons (Fsp3) is 0.421. The molecule has 0 fully saturated rings. The molecule has 0 radical (unpaired) electrons. The normalized spacial score (nSPS) is 14.2. The fourth-order valence-electron chi connectivity index (χ4n) is 2.34. The lowest BCUT2D eigenvalue weighted by molar-refractivity contribution is -0.0509. The van der Waals surface area contributed by atoms with Gasteiger partial charge in [-0.3, -0.25) is 0 Å². The van der Waals surface area contributed by atoms with Gasteiger partial charge in [0.1, 0.15) is 5.58 Å². The monoisotopic (exact) mass is 316 g/mol. The van der Waals surface area contributed by atoms with E-state index < -0.39 is 11.7 Å². The zero-order valence-corrected chi connectivity index (χ0v) is 13.9. The van der Waals surface area contributed by atoms with Gasteiger partial charge in [-0.2, -0.15) is 0 Å². The highest BCUT2D eigenvalue weighted by atomic mass is 16.4. The second kappa shape index (κ2) is 7.11. The molecule has 1 unspecified atom stereocenters. The molecule has 0 amide bonds. The van der Waals surface area contributed by atoms with Gasteiger partial charge in [-0.15, -0.1) is 0 Å². The maximum Gasteiger partial charge on any atom is 0.336 e. The van der Waals surface area contributed by atoms with Crippen LogP contribution in [0.3, 0.4) is 0 Å². The Kier molecular flexibility index (Phi) is 5.39. The number of rotatable bonds is 6. The Balaban J connectivity index is 2.00. The third-order valence-corrected chi connectivity index (χ3v) is 4.00. The Morgan fingerprint density at radius 2 is 2.00 bits per heavy atom. The van der Waals surface area contributed by atoms with Crippen LogP contribution in [0.15, 0.2) is 51.2 Å². The minimum atomic E-state index is -1.07. The van der Waals surface area contributed by atoms with Crippen LogP contribution in [0.2, 0.25) is 0 Å². The second-order valence-corrected chi connectivity index (χ2v) is 6.59. The summed E-state index contributed by atoms with van der Waals surface area (Å²) in [5, 5.41) is 20.5. The van der Waals surface area contributed by atoms with Crippen molar-refractivity contribution in [3.05, 3.63) is 58.0 Å². The summed E-state index contributed by atoms with van der Waals surface area (Å²) in [5.41, 5.74) is 1.40. The summed E-state index contributed by atoms with van der Waals surface area (Å²) < 4.78 is 5.19. The fourth-order valence-corrected chi connectivity index (χ4v) is 2.34. The number of benzene rings is 1. The van der Waals surface area contributed by atoms with E-state index in [-0.39, 0.29) is 5.63 Å². The summed E-state index contributed by atoms with van der Waals surface area (Å²) >= 11 is 0. The summed E-state index contributed by atoms with van der Waals surface area (Å²) in [4.78, 5) is 11.3. The maximum absolute atomic E-state index is 11.3. The van der Waals surface area contributed by atoms with Crippen molar-refractivity contribution in [2.45, 2.75) is 51.7 Å². The lowest BCUT2D eigenvalue weighted by atomic mass is 9.95. The van der Waals surface area contributed by atoms with Crippen molar-refractivity contribution in [2.75, 3.05) is 0 Å². The number of aliphatic hydroxyl groups is 2. The average molecular weight is 316 g/mol. The van der Waals surface area contributed by atoms with Gasteiger partial charge in [0.25, 0.3) is 0 Å². The van der Waals surface area contributed by atoms with Gasteiger partial charge in [0.15, 0.2) is 0 Å². The van der Waals surface area contributed by atoms with Crippen LogP contribution in [-0.2, 0) is 6.42 Å². The highest BCUT2D eigenvalue weighted by molar-refractivity contribution is 5.76. The molecule has 1 heterocycles. The van der Waals surface area contributed by atoms with Crippen LogP contribution in [-0.4, -0.2) is 21.9 Å². The van der Waals surface area contributed by atoms with Crippen molar-refractivity contribution < 1.29 is 14.6 Å². The van der Waals surface area contributed by atoms with Crippen LogP contribution in [0.25, 0.3) is 11.0 Å². The topological polar surface area (TPSA) is 70.7 Å². The minimum absolute atomic E-state index is 0.345. The van der Waals surface area contributed by atoms with Crippen molar-refractivity contribution in [1.82, 2.24) is 0 Å². The Morgan fingerprint density at radius 1 is 1.30 bits per heavy atom. The van der Waals surface area contributed by atoms with Crippen LogP contribution >= 0.6 is 0 Å². The molecule has 2 rings (SSSR count). The third kappa shape index (κ3) is 5.05. The van der Waals surface area contributed by atoms with Crippen molar-refractivity contribution >= 4 is 11.0 Å². The van der Waals surface area contributed by atoms with Crippen LogP contribution in [0.5, 0.6) is 0 Å². The zero-order valence-electron chi connectivity index (χ0n) is 13.9. The molecular formula is C19H24O4. The third-order valence-electron chi connectivity index (χ3n) is 4.00. The first-order chi connectivity index (χ1) is 10.8. The molecule has 1 aromatic carbocycles. The first-order valence-electron chi connectivity index (χ1n) is 7.84. The number of hydrogen-bond acceptors (Lipinski definition) is 4. The summed E-state index contributed by atoms with van der Waals surface area (Å²) in [6.45, 7) is 5.23. The quantitative estimate of drug-likeness (QED) is 0.634. The molecule has 0 aliphatic heterocycles. The molecule has 1 atom stereocenters. The molecule has 4 nitrogen and oxygen atoms in total. The first kappa shape index (κ1) is 17.4. The second-order valence-electron chi connectivity index (χ2n) is 6.59. The molecule has 0 saturated heterocycles. The van der Waals surface area contributed by atoms with Gasteiger partial charge in [-0.25, -0.2) is 4.79 Å². The first-order valence-corrected chi connectivity index (χ1v) is 7.84. The standard InChI is InChI=1S/C19H24O4/c1-13(5-10-17(20)19(2,3)22)4-6-14-7-8-15-9-11-18(21)23-16(15)12-14/h4,7-9,11-12,17,20,22H,5-6,10H2,1-3H3/b13-4+. The van der Waals surface area contributed by atoms with Gasteiger partial charge in [-0.05, 0) is 57.7 Å². The molecule has 124 valence electrons. The van der Waals surface area contributed by atoms with E-state index >= 15 is 0 Å². The van der Waals surface area contributed by atoms with Crippen molar-refractivity contribution in [2.24, 2.45) is 0 Å². The summed E-state index contributed by atoms with van der Waals surface area (Å²) in [6.07, 6.45) is 3.35. The molecule has 0 spiro atoms. The lowest BCUT2D eigenvalue weighted by Crippen LogP contribution is -2.35. The molecule has 4 heteroatoms. The largest absolute Gasteiger partial charge is 0.423 e. The predicted molar refractivity (Wildman–Crippen MR) is 91.5 cm³/mol. The van der Waals surface area contributed by atoms with Crippen LogP contribution in [0.4, 0.5) is 0 Å². The summed E-state index contributed by atoms with van der Waals surface area (Å²) in [7, 11) is 0. The average Bonchev–Trinajstić information content (AvgIpc) is 2.49. The van der Waals surface area contributed by atoms with E-state index in [1.165, 1.54) is 6.07 Å². The van der Waals surface area contributed by atoms with E-state index in [9.17, 15) is 15.0 Å². The van der Waals surface area contributed by atoms with Gasteiger partial charge in [0.2, 0.25) is 0 Å². The zero-order chi connectivity index (χ0) is 17.0. The number of hydrogen-bond donors (Lipinski definition) is 2. The van der Waals surface area contributed by atoms with Gasteiger partial charge >= 0.3 is 5.63 Å². The molecule has 2 aromatic rings. The summed E-state index contributed by atoms with van der Waals surface area (Å²) in [5.74, 6) is 0. The minimum Gasteiger partial charge on any atom is -0.423 e. The van der Waals surface area contributed by atoms with Crippen LogP contribution in [0.1, 0.15) is 39.2 Å².